The molecule has 3 rings (SSSR count). The molecule has 112 valence electrons. The molecule has 2 heterocycles. The van der Waals surface area contributed by atoms with Gasteiger partial charge in [0.05, 0.1) is 6.61 Å². The fraction of sp³-hybridized carbons (Fsp3) is 0.412. The van der Waals surface area contributed by atoms with E-state index in [0.29, 0.717) is 6.04 Å². The summed E-state index contributed by atoms with van der Waals surface area (Å²) < 4.78 is 7.02. The molecule has 1 N–H and O–H groups in total. The van der Waals surface area contributed by atoms with Crippen LogP contribution in [0.5, 0.6) is 5.75 Å². The molecule has 21 heavy (non-hydrogen) atoms. The van der Waals surface area contributed by atoms with Gasteiger partial charge in [-0.15, -0.1) is 0 Å². The molecule has 1 unspecified atom stereocenters. The van der Waals surface area contributed by atoms with E-state index in [1.807, 2.05) is 0 Å². The van der Waals surface area contributed by atoms with Crippen LogP contribution in [0.1, 0.15) is 36.1 Å². The summed E-state index contributed by atoms with van der Waals surface area (Å²) >= 11 is 5.39. The maximum atomic E-state index is 5.86. The highest BCUT2D eigenvalue weighted by Gasteiger charge is 2.21. The monoisotopic (exact) mass is 365 g/mol. The van der Waals surface area contributed by atoms with Crippen molar-refractivity contribution in [3.63, 3.8) is 0 Å². The van der Waals surface area contributed by atoms with E-state index in [4.69, 9.17) is 4.74 Å². The van der Waals surface area contributed by atoms with Crippen LogP contribution in [0.4, 0.5) is 0 Å². The lowest BCUT2D eigenvalue weighted by molar-refractivity contribution is 0.351. The zero-order valence-electron chi connectivity index (χ0n) is 12.2. The predicted octanol–water partition coefficient (Wildman–Crippen LogP) is 4.73. The summed E-state index contributed by atoms with van der Waals surface area (Å²) in [6.07, 6.45) is 3.14. The van der Waals surface area contributed by atoms with Gasteiger partial charge in [-0.25, -0.2) is 0 Å². The van der Waals surface area contributed by atoms with Gasteiger partial charge in [0.1, 0.15) is 5.75 Å². The van der Waals surface area contributed by atoms with Crippen molar-refractivity contribution in [2.24, 2.45) is 0 Å². The van der Waals surface area contributed by atoms with E-state index >= 15 is 0 Å². The molecule has 1 aliphatic rings. The topological polar surface area (TPSA) is 21.3 Å². The Morgan fingerprint density at radius 1 is 1.43 bits per heavy atom. The Morgan fingerprint density at radius 2 is 2.33 bits per heavy atom. The van der Waals surface area contributed by atoms with E-state index in [1.54, 1.807) is 11.3 Å². The third-order valence-electron chi connectivity index (χ3n) is 3.84. The van der Waals surface area contributed by atoms with E-state index in [9.17, 15) is 0 Å². The Labute approximate surface area is 138 Å². The van der Waals surface area contributed by atoms with Crippen LogP contribution in [-0.4, -0.2) is 13.2 Å². The Hall–Kier alpha value is -0.840. The second-order valence-corrected chi connectivity index (χ2v) is 7.11. The zero-order chi connectivity index (χ0) is 14.7. The van der Waals surface area contributed by atoms with Crippen LogP contribution in [0.25, 0.3) is 0 Å². The van der Waals surface area contributed by atoms with Gasteiger partial charge >= 0.3 is 0 Å². The van der Waals surface area contributed by atoms with E-state index in [-0.39, 0.29) is 0 Å². The number of nitrogens with one attached hydrogen (secondary N) is 1. The highest BCUT2D eigenvalue weighted by atomic mass is 79.9. The molecule has 1 aromatic carbocycles. The van der Waals surface area contributed by atoms with Crippen LogP contribution in [0.3, 0.4) is 0 Å². The number of hydrogen-bond acceptors (Lipinski definition) is 3. The molecule has 0 radical (unpaired) electrons. The first-order valence-corrected chi connectivity index (χ1v) is 9.21. The van der Waals surface area contributed by atoms with Crippen molar-refractivity contribution >= 4 is 27.3 Å². The van der Waals surface area contributed by atoms with Gasteiger partial charge in [-0.2, -0.15) is 11.3 Å². The molecule has 1 aliphatic heterocycles. The molecule has 0 aliphatic carbocycles. The number of rotatable bonds is 6. The van der Waals surface area contributed by atoms with Crippen molar-refractivity contribution in [2.75, 3.05) is 13.2 Å². The van der Waals surface area contributed by atoms with E-state index in [1.165, 1.54) is 16.7 Å². The summed E-state index contributed by atoms with van der Waals surface area (Å²) in [5, 5.41) is 8.06. The molecule has 2 nitrogen and oxygen atoms in total. The van der Waals surface area contributed by atoms with Crippen molar-refractivity contribution in [1.29, 1.82) is 0 Å². The van der Waals surface area contributed by atoms with Gasteiger partial charge < -0.3 is 10.1 Å². The minimum Gasteiger partial charge on any atom is -0.493 e. The van der Waals surface area contributed by atoms with Gasteiger partial charge in [-0.3, -0.25) is 0 Å². The molecule has 4 heteroatoms. The van der Waals surface area contributed by atoms with E-state index in [0.717, 1.165) is 42.6 Å². The highest BCUT2D eigenvalue weighted by Crippen LogP contribution is 2.35. The minimum absolute atomic E-state index is 0.360. The summed E-state index contributed by atoms with van der Waals surface area (Å²) in [6, 6.07) is 6.97. The summed E-state index contributed by atoms with van der Waals surface area (Å²) in [4.78, 5) is 0. The summed E-state index contributed by atoms with van der Waals surface area (Å²) in [6.45, 7) is 4.06. The van der Waals surface area contributed by atoms with Gasteiger partial charge in [-0.05, 0) is 65.0 Å². The molecule has 1 atom stereocenters. The lowest BCUT2D eigenvalue weighted by atomic mass is 9.98. The molecule has 0 fully saturated rings. The smallest absolute Gasteiger partial charge is 0.125 e. The second kappa shape index (κ2) is 6.95. The lowest BCUT2D eigenvalue weighted by Crippen LogP contribution is -2.23. The average molecular weight is 366 g/mol. The number of halogens is 1. The minimum atomic E-state index is 0.360. The fourth-order valence-electron chi connectivity index (χ4n) is 2.82. The van der Waals surface area contributed by atoms with Gasteiger partial charge in [-0.1, -0.05) is 22.9 Å². The standard InChI is InChI=1S/C17H20BrNOS/c1-2-5-19-16(13-4-7-21-11-13)10-14-9-15(18)8-12-3-6-20-17(12)14/h4,7-9,11,16,19H,2-3,5-6,10H2,1H3. The molecule has 2 aromatic rings. The Kier molecular flexibility index (Phi) is 4.99. The average Bonchev–Trinajstić information content (AvgIpc) is 3.13. The molecular formula is C17H20BrNOS. The van der Waals surface area contributed by atoms with Gasteiger partial charge in [0.25, 0.3) is 0 Å². The summed E-state index contributed by atoms with van der Waals surface area (Å²) in [5.74, 6) is 1.11. The van der Waals surface area contributed by atoms with Crippen LogP contribution in [-0.2, 0) is 12.8 Å². The Bertz CT molecular complexity index is 597. The number of ether oxygens (including phenoxy) is 1. The van der Waals surface area contributed by atoms with Crippen LogP contribution >= 0.6 is 27.3 Å². The third kappa shape index (κ3) is 3.50. The van der Waals surface area contributed by atoms with Crippen molar-refractivity contribution < 1.29 is 4.74 Å². The Balaban J connectivity index is 1.86. The van der Waals surface area contributed by atoms with Crippen LogP contribution < -0.4 is 10.1 Å². The summed E-state index contributed by atoms with van der Waals surface area (Å²) in [7, 11) is 0. The van der Waals surface area contributed by atoms with E-state index in [2.05, 4.69) is 57.1 Å². The second-order valence-electron chi connectivity index (χ2n) is 5.42. The first kappa shape index (κ1) is 15.1. The Morgan fingerprint density at radius 3 is 3.10 bits per heavy atom. The van der Waals surface area contributed by atoms with Crippen molar-refractivity contribution in [2.45, 2.75) is 32.2 Å². The zero-order valence-corrected chi connectivity index (χ0v) is 14.6. The molecule has 0 spiro atoms. The number of fused-ring (bicyclic) bond motifs is 1. The molecule has 0 bridgehead atoms. The normalized spacial score (nSPS) is 14.8. The number of thiophene rings is 1. The molecule has 1 aromatic heterocycles. The van der Waals surface area contributed by atoms with Crippen molar-refractivity contribution in [3.05, 3.63) is 50.1 Å². The fourth-order valence-corrected chi connectivity index (χ4v) is 4.08. The maximum absolute atomic E-state index is 5.86. The van der Waals surface area contributed by atoms with Crippen LogP contribution in [0.2, 0.25) is 0 Å². The highest BCUT2D eigenvalue weighted by molar-refractivity contribution is 9.10. The van der Waals surface area contributed by atoms with Gasteiger partial charge in [0.15, 0.2) is 0 Å². The van der Waals surface area contributed by atoms with Gasteiger partial charge in [0, 0.05) is 16.9 Å². The largest absolute Gasteiger partial charge is 0.493 e. The predicted molar refractivity (Wildman–Crippen MR) is 92.4 cm³/mol. The first-order valence-electron chi connectivity index (χ1n) is 7.47. The van der Waals surface area contributed by atoms with Gasteiger partial charge in [0.2, 0.25) is 0 Å². The quantitative estimate of drug-likeness (QED) is 0.798. The molecule has 0 saturated heterocycles. The van der Waals surface area contributed by atoms with Crippen LogP contribution in [0, 0.1) is 0 Å². The maximum Gasteiger partial charge on any atom is 0.125 e. The summed E-state index contributed by atoms with van der Waals surface area (Å²) in [5.41, 5.74) is 4.01. The van der Waals surface area contributed by atoms with Crippen molar-refractivity contribution in [3.8, 4) is 5.75 Å². The van der Waals surface area contributed by atoms with E-state index < -0.39 is 0 Å². The lowest BCUT2D eigenvalue weighted by Gasteiger charge is -2.19. The van der Waals surface area contributed by atoms with Crippen molar-refractivity contribution in [1.82, 2.24) is 5.32 Å². The first-order chi connectivity index (χ1) is 10.3. The molecule has 0 saturated carbocycles. The van der Waals surface area contributed by atoms with Crippen LogP contribution in [0.15, 0.2) is 33.4 Å². The number of benzene rings is 1. The number of hydrogen-bond donors (Lipinski definition) is 1. The SMILES string of the molecule is CCCNC(Cc1cc(Br)cc2c1OCC2)c1ccsc1. The molecule has 0 amide bonds. The third-order valence-corrected chi connectivity index (χ3v) is 4.99. The molecular weight excluding hydrogens is 346 g/mol.